The molecule has 142 valence electrons. The normalized spacial score (nSPS) is 14.6. The molecule has 1 N–H and O–H groups in total. The number of ether oxygens (including phenoxy) is 1. The van der Waals surface area contributed by atoms with Gasteiger partial charge in [0.2, 0.25) is 0 Å². The highest BCUT2D eigenvalue weighted by Crippen LogP contribution is 2.35. The predicted molar refractivity (Wildman–Crippen MR) is 96.7 cm³/mol. The van der Waals surface area contributed by atoms with Crippen molar-refractivity contribution in [2.24, 2.45) is 5.92 Å². The number of nitrogens with one attached hydrogen (secondary N) is 1. The lowest BCUT2D eigenvalue weighted by Gasteiger charge is -2.13. The molecule has 27 heavy (non-hydrogen) atoms. The van der Waals surface area contributed by atoms with Crippen LogP contribution in [0.5, 0.6) is 5.75 Å². The maximum Gasteiger partial charge on any atom is 0.422 e. The fourth-order valence-electron chi connectivity index (χ4n) is 2.64. The number of hydrogen-bond donors (Lipinski definition) is 1. The summed E-state index contributed by atoms with van der Waals surface area (Å²) in [5, 5.41) is 0.572. The van der Waals surface area contributed by atoms with E-state index in [1.54, 1.807) is 24.4 Å². The Labute approximate surface area is 156 Å². The van der Waals surface area contributed by atoms with Crippen molar-refractivity contribution in [2.75, 3.05) is 12.4 Å². The number of alkyl halides is 3. The van der Waals surface area contributed by atoms with E-state index in [4.69, 9.17) is 4.74 Å². The molecular weight excluding hydrogens is 379 g/mol. The third-order valence-corrected chi connectivity index (χ3v) is 5.36. The number of benzene rings is 1. The molecule has 2 aromatic heterocycles. The van der Waals surface area contributed by atoms with E-state index in [1.807, 2.05) is 0 Å². The molecule has 1 aliphatic rings. The van der Waals surface area contributed by atoms with Gasteiger partial charge in [-0.2, -0.15) is 13.2 Å². The largest absolute Gasteiger partial charge is 0.484 e. The molecule has 0 spiro atoms. The van der Waals surface area contributed by atoms with Gasteiger partial charge in [0, 0.05) is 11.9 Å². The van der Waals surface area contributed by atoms with Crippen LogP contribution in [0.25, 0.3) is 16.7 Å². The van der Waals surface area contributed by atoms with Crippen LogP contribution >= 0.6 is 11.8 Å². The summed E-state index contributed by atoms with van der Waals surface area (Å²) in [7, 11) is 0. The summed E-state index contributed by atoms with van der Waals surface area (Å²) >= 11 is 1.52. The highest BCUT2D eigenvalue weighted by atomic mass is 32.2. The lowest BCUT2D eigenvalue weighted by molar-refractivity contribution is -0.153. The van der Waals surface area contributed by atoms with Crippen molar-refractivity contribution in [1.82, 2.24) is 14.5 Å². The summed E-state index contributed by atoms with van der Waals surface area (Å²) in [5.41, 5.74) is 1.27. The minimum Gasteiger partial charge on any atom is -0.484 e. The van der Waals surface area contributed by atoms with Crippen LogP contribution in [0.4, 0.5) is 13.2 Å². The van der Waals surface area contributed by atoms with Gasteiger partial charge in [-0.15, -0.1) is 0 Å². The monoisotopic (exact) mass is 395 g/mol. The number of H-pyrrole nitrogens is 1. The average Bonchev–Trinajstić information content (AvgIpc) is 3.34. The summed E-state index contributed by atoms with van der Waals surface area (Å²) in [4.78, 5) is 20.4. The molecule has 5 nitrogen and oxygen atoms in total. The van der Waals surface area contributed by atoms with Crippen LogP contribution in [0.15, 0.2) is 46.5 Å². The van der Waals surface area contributed by atoms with E-state index in [-0.39, 0.29) is 11.3 Å². The Morgan fingerprint density at radius 1 is 1.22 bits per heavy atom. The van der Waals surface area contributed by atoms with Crippen LogP contribution in [-0.4, -0.2) is 33.1 Å². The molecule has 9 heteroatoms. The maximum atomic E-state index is 12.9. The first kappa shape index (κ1) is 18.0. The second-order valence-corrected chi connectivity index (χ2v) is 7.41. The van der Waals surface area contributed by atoms with Gasteiger partial charge in [0.1, 0.15) is 11.3 Å². The molecule has 0 unspecified atom stereocenters. The number of aromatic amines is 1. The summed E-state index contributed by atoms with van der Waals surface area (Å²) in [6, 6.07) is 7.70. The number of hydrogen-bond acceptors (Lipinski definition) is 4. The Kier molecular flexibility index (Phi) is 4.63. The van der Waals surface area contributed by atoms with Crippen molar-refractivity contribution >= 4 is 22.8 Å². The molecule has 1 saturated carbocycles. The van der Waals surface area contributed by atoms with Crippen molar-refractivity contribution in [2.45, 2.75) is 24.2 Å². The van der Waals surface area contributed by atoms with Crippen LogP contribution in [0.2, 0.25) is 0 Å². The van der Waals surface area contributed by atoms with Crippen molar-refractivity contribution in [3.8, 4) is 11.4 Å². The van der Waals surface area contributed by atoms with E-state index in [9.17, 15) is 18.0 Å². The molecule has 0 atom stereocenters. The molecule has 4 rings (SSSR count). The molecule has 0 bridgehead atoms. The average molecular weight is 395 g/mol. The second-order valence-electron chi connectivity index (χ2n) is 6.42. The molecule has 1 fully saturated rings. The van der Waals surface area contributed by atoms with Crippen molar-refractivity contribution < 1.29 is 17.9 Å². The van der Waals surface area contributed by atoms with Crippen LogP contribution in [-0.2, 0) is 0 Å². The van der Waals surface area contributed by atoms with E-state index in [1.165, 1.54) is 41.3 Å². The molecule has 1 aliphatic carbocycles. The molecular formula is C18H16F3N3O2S. The fraction of sp³-hybridized carbons (Fsp3) is 0.333. The molecule has 2 heterocycles. The van der Waals surface area contributed by atoms with Gasteiger partial charge in [-0.25, -0.2) is 4.98 Å². The Bertz CT molecular complexity index is 1010. The zero-order valence-corrected chi connectivity index (χ0v) is 14.9. The second kappa shape index (κ2) is 6.95. The van der Waals surface area contributed by atoms with E-state index >= 15 is 0 Å². The number of halogens is 3. The Morgan fingerprint density at radius 2 is 1.96 bits per heavy atom. The SMILES string of the molecule is O=c1c2[nH]ccc2nc(SCC2CC2)n1-c1ccc(OCC(F)(F)F)cc1. The molecule has 0 amide bonds. The lowest BCUT2D eigenvalue weighted by Crippen LogP contribution is -2.22. The predicted octanol–water partition coefficient (Wildman–Crippen LogP) is 4.16. The van der Waals surface area contributed by atoms with Gasteiger partial charge < -0.3 is 9.72 Å². The zero-order valence-electron chi connectivity index (χ0n) is 14.1. The Hall–Kier alpha value is -2.42. The van der Waals surface area contributed by atoms with Gasteiger partial charge in [0.05, 0.1) is 11.2 Å². The first-order valence-electron chi connectivity index (χ1n) is 8.44. The van der Waals surface area contributed by atoms with E-state index in [2.05, 4.69) is 9.97 Å². The smallest absolute Gasteiger partial charge is 0.422 e. The molecule has 0 aliphatic heterocycles. The number of aromatic nitrogens is 3. The molecule has 3 aromatic rings. The highest BCUT2D eigenvalue weighted by Gasteiger charge is 2.28. The number of fused-ring (bicyclic) bond motifs is 1. The van der Waals surface area contributed by atoms with E-state index < -0.39 is 12.8 Å². The summed E-state index contributed by atoms with van der Waals surface area (Å²) in [6.07, 6.45) is -0.360. The summed E-state index contributed by atoms with van der Waals surface area (Å²) in [6.45, 7) is -1.36. The maximum absolute atomic E-state index is 12.9. The minimum atomic E-state index is -4.40. The van der Waals surface area contributed by atoms with Crippen molar-refractivity contribution in [1.29, 1.82) is 0 Å². The van der Waals surface area contributed by atoms with Crippen LogP contribution in [0, 0.1) is 5.92 Å². The Balaban J connectivity index is 1.67. The number of thioether (sulfide) groups is 1. The molecule has 0 radical (unpaired) electrons. The highest BCUT2D eigenvalue weighted by molar-refractivity contribution is 7.99. The topological polar surface area (TPSA) is 59.9 Å². The summed E-state index contributed by atoms with van der Waals surface area (Å²) < 4.78 is 43.1. The third kappa shape index (κ3) is 4.13. The van der Waals surface area contributed by atoms with Gasteiger partial charge in [0.15, 0.2) is 11.8 Å². The zero-order chi connectivity index (χ0) is 19.0. The number of rotatable bonds is 6. The lowest BCUT2D eigenvalue weighted by atomic mass is 10.3. The van der Waals surface area contributed by atoms with Crippen LogP contribution < -0.4 is 10.3 Å². The molecule has 0 saturated heterocycles. The first-order chi connectivity index (χ1) is 12.9. The fourth-order valence-corrected chi connectivity index (χ4v) is 3.83. The van der Waals surface area contributed by atoms with E-state index in [0.29, 0.717) is 27.8 Å². The third-order valence-electron chi connectivity index (χ3n) is 4.19. The van der Waals surface area contributed by atoms with Crippen molar-refractivity contribution in [3.05, 3.63) is 46.9 Å². The van der Waals surface area contributed by atoms with Crippen LogP contribution in [0.3, 0.4) is 0 Å². The van der Waals surface area contributed by atoms with E-state index in [0.717, 1.165) is 5.75 Å². The first-order valence-corrected chi connectivity index (χ1v) is 9.42. The van der Waals surface area contributed by atoms with Gasteiger partial charge in [-0.05, 0) is 49.1 Å². The standard InChI is InChI=1S/C18H16F3N3O2S/c19-18(20,21)10-26-13-5-3-12(4-6-13)24-16(25)15-14(7-8-22-15)23-17(24)27-9-11-1-2-11/h3-8,11,22H,1-2,9-10H2. The quantitative estimate of drug-likeness (QED) is 0.503. The molecule has 1 aromatic carbocycles. The van der Waals surface area contributed by atoms with Crippen molar-refractivity contribution in [3.63, 3.8) is 0 Å². The minimum absolute atomic E-state index is 0.0882. The van der Waals surface area contributed by atoms with Gasteiger partial charge in [-0.1, -0.05) is 11.8 Å². The summed E-state index contributed by atoms with van der Waals surface area (Å²) in [5.74, 6) is 1.63. The number of nitrogens with zero attached hydrogens (tertiary/aromatic N) is 2. The van der Waals surface area contributed by atoms with Gasteiger partial charge in [-0.3, -0.25) is 9.36 Å². The Morgan fingerprint density at radius 3 is 2.63 bits per heavy atom. The van der Waals surface area contributed by atoms with Gasteiger partial charge >= 0.3 is 6.18 Å². The van der Waals surface area contributed by atoms with Gasteiger partial charge in [0.25, 0.3) is 5.56 Å². The van der Waals surface area contributed by atoms with Crippen LogP contribution in [0.1, 0.15) is 12.8 Å².